The average Bonchev–Trinajstić information content (AvgIpc) is 3.04. The van der Waals surface area contributed by atoms with Crippen LogP contribution in [0.1, 0.15) is 25.2 Å². The molecule has 8 nitrogen and oxygen atoms in total. The minimum absolute atomic E-state index is 0.00552. The van der Waals surface area contributed by atoms with Crippen LogP contribution in [0.3, 0.4) is 0 Å². The first-order chi connectivity index (χ1) is 14.6. The minimum atomic E-state index is -4.69. The van der Waals surface area contributed by atoms with Crippen LogP contribution in [0.2, 0.25) is 5.02 Å². The fraction of sp³-hybridized carbons (Fsp3) is 0.474. The fourth-order valence-corrected chi connectivity index (χ4v) is 3.33. The van der Waals surface area contributed by atoms with Crippen LogP contribution < -0.4 is 4.90 Å². The van der Waals surface area contributed by atoms with Crippen molar-refractivity contribution in [2.75, 3.05) is 31.1 Å². The van der Waals surface area contributed by atoms with Gasteiger partial charge in [-0.1, -0.05) is 25.4 Å². The molecule has 0 bridgehead atoms. The Labute approximate surface area is 182 Å². The van der Waals surface area contributed by atoms with E-state index in [4.69, 9.17) is 11.6 Å². The van der Waals surface area contributed by atoms with Gasteiger partial charge in [0.25, 0.3) is 5.69 Å². The molecule has 0 spiro atoms. The largest absolute Gasteiger partial charge is 0.436 e. The van der Waals surface area contributed by atoms with Crippen molar-refractivity contribution in [2.24, 2.45) is 0 Å². The van der Waals surface area contributed by atoms with Crippen molar-refractivity contribution in [2.45, 2.75) is 33.5 Å². The molecule has 0 unspecified atom stereocenters. The lowest BCUT2D eigenvalue weighted by Crippen LogP contribution is -2.49. The lowest BCUT2D eigenvalue weighted by atomic mass is 10.2. The number of aromatic nitrogens is 2. The summed E-state index contributed by atoms with van der Waals surface area (Å²) in [5.41, 5.74) is -0.328. The van der Waals surface area contributed by atoms with Crippen LogP contribution in [-0.4, -0.2) is 51.7 Å². The SMILES string of the molecule is CC.Cc1c(Cl)c(C(F)(F)F)nn1CC(=O)N1CCN(c2ccc([N+](=O)[O-])cc2)CC1. The Balaban J connectivity index is 0.00000166. The van der Waals surface area contributed by atoms with Gasteiger partial charge in [0.2, 0.25) is 5.91 Å². The zero-order chi connectivity index (χ0) is 23.3. The molecule has 12 heteroatoms. The third-order valence-corrected chi connectivity index (χ3v) is 5.20. The molecular formula is C19H23ClF3N5O3. The molecule has 1 aromatic carbocycles. The van der Waals surface area contributed by atoms with E-state index in [1.54, 1.807) is 17.0 Å². The molecule has 1 fully saturated rings. The number of hydrogen-bond donors (Lipinski definition) is 0. The Hall–Kier alpha value is -2.82. The molecule has 0 aliphatic carbocycles. The van der Waals surface area contributed by atoms with Crippen molar-refractivity contribution in [1.82, 2.24) is 14.7 Å². The van der Waals surface area contributed by atoms with Gasteiger partial charge in [-0.15, -0.1) is 0 Å². The van der Waals surface area contributed by atoms with Gasteiger partial charge in [-0.05, 0) is 19.1 Å². The molecule has 0 atom stereocenters. The number of hydrogen-bond acceptors (Lipinski definition) is 5. The van der Waals surface area contributed by atoms with Gasteiger partial charge in [0.15, 0.2) is 5.69 Å². The van der Waals surface area contributed by atoms with Gasteiger partial charge in [0.05, 0.1) is 15.6 Å². The van der Waals surface area contributed by atoms with Gasteiger partial charge >= 0.3 is 6.18 Å². The van der Waals surface area contributed by atoms with Crippen LogP contribution in [-0.2, 0) is 17.5 Å². The number of piperazine rings is 1. The van der Waals surface area contributed by atoms with Crippen molar-refractivity contribution in [3.8, 4) is 0 Å². The molecule has 170 valence electrons. The van der Waals surface area contributed by atoms with Gasteiger partial charge < -0.3 is 9.80 Å². The minimum Gasteiger partial charge on any atom is -0.368 e. The number of rotatable bonds is 4. The molecule has 3 rings (SSSR count). The second-order valence-corrected chi connectivity index (χ2v) is 6.92. The van der Waals surface area contributed by atoms with Crippen LogP contribution in [0, 0.1) is 17.0 Å². The van der Waals surface area contributed by atoms with E-state index in [9.17, 15) is 28.1 Å². The Bertz CT molecular complexity index is 923. The lowest BCUT2D eigenvalue weighted by molar-refractivity contribution is -0.384. The Kier molecular flexibility index (Phi) is 7.88. The first kappa shape index (κ1) is 24.4. The predicted octanol–water partition coefficient (Wildman–Crippen LogP) is 4.15. The van der Waals surface area contributed by atoms with Crippen LogP contribution in [0.15, 0.2) is 24.3 Å². The van der Waals surface area contributed by atoms with E-state index in [0.717, 1.165) is 10.4 Å². The maximum Gasteiger partial charge on any atom is 0.436 e. The van der Waals surface area contributed by atoms with Crippen molar-refractivity contribution < 1.29 is 22.9 Å². The zero-order valence-electron chi connectivity index (χ0n) is 17.3. The summed E-state index contributed by atoms with van der Waals surface area (Å²) < 4.78 is 39.7. The smallest absolute Gasteiger partial charge is 0.368 e. The first-order valence-electron chi connectivity index (χ1n) is 9.65. The number of carbonyl (C=O) groups is 1. The highest BCUT2D eigenvalue weighted by atomic mass is 35.5. The number of alkyl halides is 3. The highest BCUT2D eigenvalue weighted by Gasteiger charge is 2.38. The van der Waals surface area contributed by atoms with Crippen molar-refractivity contribution in [3.05, 3.63) is 50.8 Å². The number of carbonyl (C=O) groups excluding carboxylic acids is 1. The maximum atomic E-state index is 12.9. The van der Waals surface area contributed by atoms with Gasteiger partial charge in [0.1, 0.15) is 6.54 Å². The van der Waals surface area contributed by atoms with E-state index < -0.39 is 21.8 Å². The molecule has 31 heavy (non-hydrogen) atoms. The summed E-state index contributed by atoms with van der Waals surface area (Å²) in [5, 5.41) is 13.7. The summed E-state index contributed by atoms with van der Waals surface area (Å²) in [6.07, 6.45) is -4.69. The number of nitro groups is 1. The molecule has 2 aromatic rings. The molecule has 1 aliphatic rings. The van der Waals surface area contributed by atoms with E-state index >= 15 is 0 Å². The average molecular weight is 462 g/mol. The summed E-state index contributed by atoms with van der Waals surface area (Å²) in [6.45, 7) is 6.78. The second-order valence-electron chi connectivity index (χ2n) is 6.54. The second kappa shape index (κ2) is 9.99. The predicted molar refractivity (Wildman–Crippen MR) is 110 cm³/mol. The molecule has 1 aromatic heterocycles. The third-order valence-electron chi connectivity index (χ3n) is 4.75. The van der Waals surface area contributed by atoms with E-state index in [0.29, 0.717) is 26.2 Å². The molecular weight excluding hydrogens is 439 g/mol. The maximum absolute atomic E-state index is 12.9. The van der Waals surface area contributed by atoms with Gasteiger partial charge in [-0.25, -0.2) is 0 Å². The molecule has 0 N–H and O–H groups in total. The Morgan fingerprint density at radius 1 is 1.16 bits per heavy atom. The molecule has 1 aliphatic heterocycles. The van der Waals surface area contributed by atoms with Crippen LogP contribution in [0.4, 0.5) is 24.5 Å². The number of benzene rings is 1. The molecule has 2 heterocycles. The van der Waals surface area contributed by atoms with Crippen LogP contribution in [0.25, 0.3) is 0 Å². The first-order valence-corrected chi connectivity index (χ1v) is 10.0. The van der Waals surface area contributed by atoms with Crippen molar-refractivity contribution in [3.63, 3.8) is 0 Å². The van der Waals surface area contributed by atoms with Gasteiger partial charge in [-0.3, -0.25) is 19.6 Å². The zero-order valence-corrected chi connectivity index (χ0v) is 18.1. The van der Waals surface area contributed by atoms with Crippen LogP contribution >= 0.6 is 11.6 Å². The molecule has 0 saturated carbocycles. The van der Waals surface area contributed by atoms with Crippen LogP contribution in [0.5, 0.6) is 0 Å². The molecule has 0 radical (unpaired) electrons. The van der Waals surface area contributed by atoms with E-state index in [-0.39, 0.29) is 23.8 Å². The standard InChI is InChI=1S/C17H17ClF3N5O3.C2H6/c1-11-15(18)16(17(19,20)21)22-25(11)10-14(27)24-8-6-23(7-9-24)12-2-4-13(5-3-12)26(28)29;1-2/h2-5H,6-10H2,1H3;1-2H3. The lowest BCUT2D eigenvalue weighted by Gasteiger charge is -2.36. The molecule has 1 saturated heterocycles. The summed E-state index contributed by atoms with van der Waals surface area (Å²) >= 11 is 5.71. The number of anilines is 1. The van der Waals surface area contributed by atoms with Gasteiger partial charge in [-0.2, -0.15) is 18.3 Å². The fourth-order valence-electron chi connectivity index (χ4n) is 3.09. The number of non-ortho nitro benzene ring substituents is 1. The highest BCUT2D eigenvalue weighted by Crippen LogP contribution is 2.35. The van der Waals surface area contributed by atoms with E-state index in [1.807, 2.05) is 18.7 Å². The normalized spacial score (nSPS) is 14.2. The van der Waals surface area contributed by atoms with E-state index in [2.05, 4.69) is 5.10 Å². The third kappa shape index (κ3) is 5.66. The van der Waals surface area contributed by atoms with Crippen molar-refractivity contribution >= 4 is 28.9 Å². The molecule has 1 amide bonds. The Morgan fingerprint density at radius 3 is 2.16 bits per heavy atom. The summed E-state index contributed by atoms with van der Waals surface area (Å²) in [7, 11) is 0. The van der Waals surface area contributed by atoms with E-state index in [1.165, 1.54) is 19.1 Å². The summed E-state index contributed by atoms with van der Waals surface area (Å²) in [4.78, 5) is 26.3. The monoisotopic (exact) mass is 461 g/mol. The Morgan fingerprint density at radius 2 is 1.71 bits per heavy atom. The number of nitrogens with zero attached hydrogens (tertiary/aromatic N) is 5. The summed E-state index contributed by atoms with van der Waals surface area (Å²) in [5.74, 6) is -0.357. The highest BCUT2D eigenvalue weighted by molar-refractivity contribution is 6.32. The number of amides is 1. The summed E-state index contributed by atoms with van der Waals surface area (Å²) in [6, 6.07) is 6.11. The number of nitro benzene ring substituents is 1. The number of halogens is 4. The van der Waals surface area contributed by atoms with Crippen molar-refractivity contribution in [1.29, 1.82) is 0 Å². The van der Waals surface area contributed by atoms with Gasteiger partial charge in [0, 0.05) is 44.0 Å². The topological polar surface area (TPSA) is 84.5 Å². The quantitative estimate of drug-likeness (QED) is 0.504.